The number of fused-ring (bicyclic) bond motifs is 1. The zero-order valence-electron chi connectivity index (χ0n) is 15.2. The van der Waals surface area contributed by atoms with Crippen LogP contribution in [0, 0.1) is 18.3 Å². The molecule has 3 nitrogen and oxygen atoms in total. The summed E-state index contributed by atoms with van der Waals surface area (Å²) in [7, 11) is 0. The Hall–Kier alpha value is -2.42. The number of hydrogen-bond acceptors (Lipinski definition) is 3. The molecule has 0 amide bonds. The van der Waals surface area contributed by atoms with Gasteiger partial charge in [0.05, 0.1) is 5.41 Å². The van der Waals surface area contributed by atoms with Crippen molar-refractivity contribution in [1.29, 1.82) is 0 Å². The smallest absolute Gasteiger partial charge is 0.166 e. The highest BCUT2D eigenvalue weighted by atomic mass is 16.3. The molecule has 0 saturated heterocycles. The molecule has 2 aliphatic rings. The Balaban J connectivity index is 2.26. The van der Waals surface area contributed by atoms with E-state index in [1.807, 2.05) is 32.1 Å². The number of ketones is 2. The topological polar surface area (TPSA) is 54.4 Å². The van der Waals surface area contributed by atoms with Crippen molar-refractivity contribution in [2.75, 3.05) is 0 Å². The number of allylic oxidation sites excluding steroid dienone is 5. The summed E-state index contributed by atoms with van der Waals surface area (Å²) in [6.45, 7) is 11.2. The average molecular weight is 336 g/mol. The van der Waals surface area contributed by atoms with Crippen LogP contribution in [0.2, 0.25) is 0 Å². The molecule has 3 heteroatoms. The van der Waals surface area contributed by atoms with E-state index in [0.717, 1.165) is 16.7 Å². The number of Topliss-reactive ketones (excluding diaryl/α,β-unsaturated/α-hetero) is 2. The van der Waals surface area contributed by atoms with Gasteiger partial charge in [-0.3, -0.25) is 9.59 Å². The summed E-state index contributed by atoms with van der Waals surface area (Å²) >= 11 is 0. The van der Waals surface area contributed by atoms with Crippen molar-refractivity contribution in [2.24, 2.45) is 11.3 Å². The van der Waals surface area contributed by atoms with Gasteiger partial charge in [-0.2, -0.15) is 0 Å². The maximum absolute atomic E-state index is 13.3. The highest BCUT2D eigenvalue weighted by molar-refractivity contribution is 6.15. The minimum Gasteiger partial charge on any atom is -0.508 e. The van der Waals surface area contributed by atoms with Crippen molar-refractivity contribution in [1.82, 2.24) is 0 Å². The molecule has 1 aromatic rings. The predicted octanol–water partition coefficient (Wildman–Crippen LogP) is 4.41. The molecule has 3 atom stereocenters. The first-order chi connectivity index (χ1) is 11.7. The molecule has 0 aromatic heterocycles. The third kappa shape index (κ3) is 2.33. The maximum atomic E-state index is 13.3. The largest absolute Gasteiger partial charge is 0.508 e. The summed E-state index contributed by atoms with van der Waals surface area (Å²) in [5.74, 6) is -0.269. The molecule has 1 aromatic carbocycles. The second-order valence-electron chi connectivity index (χ2n) is 7.40. The molecule has 0 bridgehead atoms. The summed E-state index contributed by atoms with van der Waals surface area (Å²) in [5, 5.41) is 9.87. The minimum absolute atomic E-state index is 0.0396. The fourth-order valence-corrected chi connectivity index (χ4v) is 4.45. The molecular formula is C22H24O3. The third-order valence-corrected chi connectivity index (χ3v) is 6.11. The van der Waals surface area contributed by atoms with E-state index in [2.05, 4.69) is 6.58 Å². The first-order valence-electron chi connectivity index (χ1n) is 8.62. The Kier molecular flexibility index (Phi) is 4.06. The average Bonchev–Trinajstić information content (AvgIpc) is 2.60. The van der Waals surface area contributed by atoms with E-state index in [1.54, 1.807) is 26.0 Å². The first kappa shape index (κ1) is 17.4. The molecule has 130 valence electrons. The summed E-state index contributed by atoms with van der Waals surface area (Å²) < 4.78 is 0. The molecule has 2 aliphatic carbocycles. The number of phenols is 1. The number of carbonyl (C=O) groups excluding carboxylic acids is 2. The lowest BCUT2D eigenvalue weighted by molar-refractivity contribution is -0.138. The Morgan fingerprint density at radius 2 is 1.88 bits per heavy atom. The van der Waals surface area contributed by atoms with Crippen LogP contribution in [0.15, 0.2) is 53.6 Å². The summed E-state index contributed by atoms with van der Waals surface area (Å²) in [5.41, 5.74) is 2.98. The second-order valence-corrected chi connectivity index (χ2v) is 7.40. The van der Waals surface area contributed by atoms with Gasteiger partial charge in [-0.15, -0.1) is 0 Å². The van der Waals surface area contributed by atoms with Crippen molar-refractivity contribution in [2.45, 2.75) is 40.0 Å². The van der Waals surface area contributed by atoms with Crippen LogP contribution in [-0.4, -0.2) is 16.7 Å². The van der Waals surface area contributed by atoms with Gasteiger partial charge in [-0.25, -0.2) is 0 Å². The van der Waals surface area contributed by atoms with Gasteiger partial charge < -0.3 is 5.11 Å². The predicted molar refractivity (Wildman–Crippen MR) is 98.5 cm³/mol. The minimum atomic E-state index is -0.831. The van der Waals surface area contributed by atoms with Gasteiger partial charge in [0, 0.05) is 11.8 Å². The first-order valence-corrected chi connectivity index (χ1v) is 8.62. The van der Waals surface area contributed by atoms with Crippen LogP contribution in [0.1, 0.15) is 44.2 Å². The highest BCUT2D eigenvalue weighted by Gasteiger charge is 2.56. The van der Waals surface area contributed by atoms with E-state index in [9.17, 15) is 14.7 Å². The van der Waals surface area contributed by atoms with Crippen molar-refractivity contribution >= 4 is 11.6 Å². The summed E-state index contributed by atoms with van der Waals surface area (Å²) in [6.07, 6.45) is 4.37. The van der Waals surface area contributed by atoms with Gasteiger partial charge in [-0.05, 0) is 61.1 Å². The quantitative estimate of drug-likeness (QED) is 0.870. The number of aromatic hydroxyl groups is 1. The zero-order chi connectivity index (χ0) is 18.5. The molecular weight excluding hydrogens is 312 g/mol. The molecule has 3 rings (SSSR count). The van der Waals surface area contributed by atoms with Crippen LogP contribution in [0.5, 0.6) is 5.75 Å². The number of rotatable bonds is 2. The van der Waals surface area contributed by atoms with Crippen LogP contribution in [-0.2, 0) is 9.59 Å². The lowest BCUT2D eigenvalue weighted by Gasteiger charge is -2.48. The fraction of sp³-hybridized carbons (Fsp3) is 0.364. The monoisotopic (exact) mass is 336 g/mol. The van der Waals surface area contributed by atoms with E-state index >= 15 is 0 Å². The van der Waals surface area contributed by atoms with Gasteiger partial charge in [-0.1, -0.05) is 37.8 Å². The SMILES string of the molecule is C=CC1=CC[C@H]2C(=O)C(C)=C(C)C(=O)[C@@]2(C)[C@H]1c1ccc(O)c(C)c1. The van der Waals surface area contributed by atoms with Gasteiger partial charge in [0.1, 0.15) is 5.75 Å². The molecule has 0 saturated carbocycles. The summed E-state index contributed by atoms with van der Waals surface area (Å²) in [4.78, 5) is 26.2. The lowest BCUT2D eigenvalue weighted by atomic mass is 9.52. The molecule has 25 heavy (non-hydrogen) atoms. The number of aryl methyl sites for hydroxylation is 1. The Morgan fingerprint density at radius 1 is 1.20 bits per heavy atom. The molecule has 0 fully saturated rings. The number of benzene rings is 1. The van der Waals surface area contributed by atoms with E-state index < -0.39 is 5.41 Å². The van der Waals surface area contributed by atoms with E-state index in [-0.39, 0.29) is 29.2 Å². The Bertz CT molecular complexity index is 856. The Labute approximate surface area is 148 Å². The van der Waals surface area contributed by atoms with Crippen LogP contribution >= 0.6 is 0 Å². The lowest BCUT2D eigenvalue weighted by Crippen LogP contribution is -2.50. The fourth-order valence-electron chi connectivity index (χ4n) is 4.45. The van der Waals surface area contributed by atoms with E-state index in [4.69, 9.17) is 0 Å². The van der Waals surface area contributed by atoms with Crippen molar-refractivity contribution in [3.63, 3.8) is 0 Å². The van der Waals surface area contributed by atoms with Crippen molar-refractivity contribution in [3.8, 4) is 5.75 Å². The van der Waals surface area contributed by atoms with Gasteiger partial charge in [0.15, 0.2) is 11.6 Å². The molecule has 0 radical (unpaired) electrons. The zero-order valence-corrected chi connectivity index (χ0v) is 15.2. The molecule has 0 unspecified atom stereocenters. The van der Waals surface area contributed by atoms with Crippen LogP contribution in [0.4, 0.5) is 0 Å². The van der Waals surface area contributed by atoms with Crippen molar-refractivity contribution < 1.29 is 14.7 Å². The van der Waals surface area contributed by atoms with Crippen LogP contribution < -0.4 is 0 Å². The molecule has 0 spiro atoms. The van der Waals surface area contributed by atoms with Gasteiger partial charge in [0.25, 0.3) is 0 Å². The van der Waals surface area contributed by atoms with Gasteiger partial charge >= 0.3 is 0 Å². The number of hydrogen-bond donors (Lipinski definition) is 1. The third-order valence-electron chi connectivity index (χ3n) is 6.11. The normalized spacial score (nSPS) is 29.4. The van der Waals surface area contributed by atoms with E-state index in [0.29, 0.717) is 17.6 Å². The molecule has 0 heterocycles. The molecule has 0 aliphatic heterocycles. The van der Waals surface area contributed by atoms with E-state index in [1.165, 1.54) is 0 Å². The Morgan fingerprint density at radius 3 is 2.48 bits per heavy atom. The van der Waals surface area contributed by atoms with Crippen molar-refractivity contribution in [3.05, 3.63) is 64.8 Å². The van der Waals surface area contributed by atoms with Crippen LogP contribution in [0.3, 0.4) is 0 Å². The van der Waals surface area contributed by atoms with Gasteiger partial charge in [0.2, 0.25) is 0 Å². The summed E-state index contributed by atoms with van der Waals surface area (Å²) in [6, 6.07) is 5.40. The maximum Gasteiger partial charge on any atom is 0.166 e. The number of phenolic OH excluding ortho intramolecular Hbond substituents is 1. The highest BCUT2D eigenvalue weighted by Crippen LogP contribution is 2.56. The molecule has 1 N–H and O–H groups in total. The second kappa shape index (κ2) is 5.83. The van der Waals surface area contributed by atoms with Crippen LogP contribution in [0.25, 0.3) is 0 Å². The number of carbonyl (C=O) groups is 2. The standard InChI is InChI=1S/C22H24O3/c1-6-15-7-9-17-20(24)13(3)14(4)21(25)22(17,5)19(15)16-8-10-18(23)12(2)11-16/h6-8,10-11,17,19,23H,1,9H2,2-5H3/t17-,19+,22+/m0/s1.